The molecule has 0 saturated carbocycles. The molecule has 3 heterocycles. The number of amides is 2. The Morgan fingerprint density at radius 3 is 2.53 bits per heavy atom. The van der Waals surface area contributed by atoms with Crippen LogP contribution in [0.4, 0.5) is 15.5 Å². The molecule has 2 amide bonds. The van der Waals surface area contributed by atoms with Crippen LogP contribution in [-0.2, 0) is 13.0 Å². The SMILES string of the molecule is Cc1cc(C)c(NC(=O)Nc2sc3nc4n(c(=O)c3c2C)CC[C@@H](C)CC4)c(C)c1. The fourth-order valence-electron chi connectivity index (χ4n) is 4.29. The number of aromatic nitrogens is 2. The van der Waals surface area contributed by atoms with Crippen molar-refractivity contribution in [1.29, 1.82) is 0 Å². The molecule has 2 N–H and O–H groups in total. The molecule has 0 spiro atoms. The molecular weight excluding hydrogens is 396 g/mol. The first-order chi connectivity index (χ1) is 14.2. The molecular formula is C23H28N4O2S. The van der Waals surface area contributed by atoms with Gasteiger partial charge < -0.3 is 5.32 Å². The van der Waals surface area contributed by atoms with Crippen LogP contribution in [0, 0.1) is 33.6 Å². The molecule has 0 radical (unpaired) electrons. The zero-order chi connectivity index (χ0) is 21.6. The van der Waals surface area contributed by atoms with Gasteiger partial charge in [0.05, 0.1) is 5.39 Å². The van der Waals surface area contributed by atoms with Gasteiger partial charge in [0, 0.05) is 18.7 Å². The molecule has 30 heavy (non-hydrogen) atoms. The molecule has 2 aromatic heterocycles. The standard InChI is InChI=1S/C23H28N4O2S/c1-12-6-7-17-24-21-18(22(28)27(17)9-8-12)16(5)20(30-21)26-23(29)25-19-14(3)10-13(2)11-15(19)4/h10-12H,6-9H2,1-5H3,(H2,25,26,29)/t12-/m0/s1. The number of rotatable bonds is 2. The van der Waals surface area contributed by atoms with Crippen LogP contribution in [0.2, 0.25) is 0 Å². The molecule has 4 rings (SSSR count). The molecule has 1 aliphatic heterocycles. The van der Waals surface area contributed by atoms with Crippen molar-refractivity contribution in [3.63, 3.8) is 0 Å². The smallest absolute Gasteiger partial charge is 0.307 e. The Hall–Kier alpha value is -2.67. The van der Waals surface area contributed by atoms with E-state index < -0.39 is 0 Å². The van der Waals surface area contributed by atoms with Gasteiger partial charge in [-0.05, 0) is 63.1 Å². The van der Waals surface area contributed by atoms with Gasteiger partial charge in [0.25, 0.3) is 5.56 Å². The van der Waals surface area contributed by atoms with Crippen LogP contribution < -0.4 is 16.2 Å². The molecule has 3 aromatic rings. The fourth-order valence-corrected chi connectivity index (χ4v) is 5.38. The Morgan fingerprint density at radius 2 is 1.83 bits per heavy atom. The van der Waals surface area contributed by atoms with Gasteiger partial charge in [-0.3, -0.25) is 14.7 Å². The van der Waals surface area contributed by atoms with Crippen LogP contribution in [0.15, 0.2) is 16.9 Å². The third kappa shape index (κ3) is 3.74. The number of benzene rings is 1. The molecule has 6 nitrogen and oxygen atoms in total. The summed E-state index contributed by atoms with van der Waals surface area (Å²) in [7, 11) is 0. The van der Waals surface area contributed by atoms with Crippen molar-refractivity contribution in [2.24, 2.45) is 5.92 Å². The summed E-state index contributed by atoms with van der Waals surface area (Å²) >= 11 is 1.37. The number of anilines is 2. The Morgan fingerprint density at radius 1 is 1.13 bits per heavy atom. The topological polar surface area (TPSA) is 76.0 Å². The highest BCUT2D eigenvalue weighted by Gasteiger charge is 2.21. The predicted molar refractivity (Wildman–Crippen MR) is 124 cm³/mol. The zero-order valence-electron chi connectivity index (χ0n) is 18.2. The Balaban J connectivity index is 1.64. The second-order valence-corrected chi connectivity index (χ2v) is 9.51. The summed E-state index contributed by atoms with van der Waals surface area (Å²) < 4.78 is 1.83. The van der Waals surface area contributed by atoms with Gasteiger partial charge in [0.15, 0.2) is 0 Å². The van der Waals surface area contributed by atoms with Crippen molar-refractivity contribution in [2.75, 3.05) is 10.6 Å². The maximum atomic E-state index is 13.2. The average Bonchev–Trinajstić information content (AvgIpc) is 2.84. The number of nitrogens with zero attached hydrogens (tertiary/aromatic N) is 2. The quantitative estimate of drug-likeness (QED) is 0.585. The van der Waals surface area contributed by atoms with Crippen molar-refractivity contribution in [1.82, 2.24) is 9.55 Å². The molecule has 0 fully saturated rings. The van der Waals surface area contributed by atoms with Gasteiger partial charge in [-0.25, -0.2) is 9.78 Å². The molecule has 1 atom stereocenters. The van der Waals surface area contributed by atoms with Gasteiger partial charge in [0.2, 0.25) is 0 Å². The first kappa shape index (κ1) is 20.6. The van der Waals surface area contributed by atoms with Crippen LogP contribution in [0.1, 0.15) is 47.8 Å². The molecule has 1 aliphatic rings. The number of urea groups is 1. The lowest BCUT2D eigenvalue weighted by atomic mass is 10.0. The van der Waals surface area contributed by atoms with E-state index in [-0.39, 0.29) is 11.6 Å². The summed E-state index contributed by atoms with van der Waals surface area (Å²) in [5.41, 5.74) is 4.82. The van der Waals surface area contributed by atoms with E-state index in [4.69, 9.17) is 4.98 Å². The van der Waals surface area contributed by atoms with Crippen LogP contribution >= 0.6 is 11.3 Å². The van der Waals surface area contributed by atoms with Gasteiger partial charge in [-0.1, -0.05) is 36.0 Å². The summed E-state index contributed by atoms with van der Waals surface area (Å²) in [5.74, 6) is 1.46. The summed E-state index contributed by atoms with van der Waals surface area (Å²) in [6, 6.07) is 3.79. The van der Waals surface area contributed by atoms with Crippen molar-refractivity contribution in [2.45, 2.75) is 60.4 Å². The minimum absolute atomic E-state index is 0.0107. The van der Waals surface area contributed by atoms with Crippen LogP contribution in [-0.4, -0.2) is 15.6 Å². The van der Waals surface area contributed by atoms with E-state index in [2.05, 4.69) is 17.6 Å². The second kappa shape index (κ2) is 7.87. The van der Waals surface area contributed by atoms with Crippen molar-refractivity contribution >= 4 is 38.3 Å². The summed E-state index contributed by atoms with van der Waals surface area (Å²) in [4.78, 5) is 31.4. The van der Waals surface area contributed by atoms with E-state index in [9.17, 15) is 9.59 Å². The van der Waals surface area contributed by atoms with E-state index in [1.807, 2.05) is 44.4 Å². The second-order valence-electron chi connectivity index (χ2n) is 8.51. The highest BCUT2D eigenvalue weighted by Crippen LogP contribution is 2.33. The lowest BCUT2D eigenvalue weighted by Crippen LogP contribution is -2.24. The Kier molecular flexibility index (Phi) is 5.40. The zero-order valence-corrected chi connectivity index (χ0v) is 19.0. The largest absolute Gasteiger partial charge is 0.324 e. The number of hydrogen-bond donors (Lipinski definition) is 2. The number of fused-ring (bicyclic) bond motifs is 2. The molecule has 0 saturated heterocycles. The van der Waals surface area contributed by atoms with E-state index in [1.165, 1.54) is 11.3 Å². The molecule has 0 aliphatic carbocycles. The van der Waals surface area contributed by atoms with Crippen molar-refractivity contribution in [3.8, 4) is 0 Å². The third-order valence-corrected chi connectivity index (χ3v) is 7.08. The fraction of sp³-hybridized carbons (Fsp3) is 0.435. The summed E-state index contributed by atoms with van der Waals surface area (Å²) in [5, 5.41) is 7.19. The van der Waals surface area contributed by atoms with Gasteiger partial charge in [-0.2, -0.15) is 0 Å². The van der Waals surface area contributed by atoms with Crippen molar-refractivity contribution < 1.29 is 4.79 Å². The summed E-state index contributed by atoms with van der Waals surface area (Å²) in [6.07, 6.45) is 2.86. The van der Waals surface area contributed by atoms with E-state index in [0.29, 0.717) is 27.7 Å². The average molecular weight is 425 g/mol. The summed E-state index contributed by atoms with van der Waals surface area (Å²) in [6.45, 7) is 10.8. The van der Waals surface area contributed by atoms with Crippen LogP contribution in [0.5, 0.6) is 0 Å². The number of aryl methyl sites for hydroxylation is 5. The number of carbonyl (C=O) groups is 1. The van der Waals surface area contributed by atoms with Crippen LogP contribution in [0.3, 0.4) is 0 Å². The van der Waals surface area contributed by atoms with Gasteiger partial charge >= 0.3 is 6.03 Å². The van der Waals surface area contributed by atoms with E-state index in [1.54, 1.807) is 0 Å². The first-order valence-corrected chi connectivity index (χ1v) is 11.2. The number of hydrogen-bond acceptors (Lipinski definition) is 4. The highest BCUT2D eigenvalue weighted by atomic mass is 32.1. The lowest BCUT2D eigenvalue weighted by molar-refractivity contribution is 0.262. The maximum absolute atomic E-state index is 13.2. The predicted octanol–water partition coefficient (Wildman–Crippen LogP) is 5.31. The number of nitrogens with one attached hydrogen (secondary N) is 2. The van der Waals surface area contributed by atoms with Gasteiger partial charge in [0.1, 0.15) is 15.7 Å². The van der Waals surface area contributed by atoms with Crippen molar-refractivity contribution in [3.05, 3.63) is 50.6 Å². The van der Waals surface area contributed by atoms with Crippen LogP contribution in [0.25, 0.3) is 10.2 Å². The molecule has 158 valence electrons. The Labute approximate surface area is 180 Å². The minimum Gasteiger partial charge on any atom is -0.307 e. The molecule has 0 unspecified atom stereocenters. The number of thiophene rings is 1. The molecule has 1 aromatic carbocycles. The van der Waals surface area contributed by atoms with Gasteiger partial charge in [-0.15, -0.1) is 0 Å². The third-order valence-electron chi connectivity index (χ3n) is 5.98. The lowest BCUT2D eigenvalue weighted by Gasteiger charge is -2.13. The monoisotopic (exact) mass is 424 g/mol. The van der Waals surface area contributed by atoms with E-state index >= 15 is 0 Å². The molecule has 7 heteroatoms. The molecule has 0 bridgehead atoms. The van der Waals surface area contributed by atoms with E-state index in [0.717, 1.165) is 53.0 Å². The Bertz CT molecular complexity index is 1190. The number of carbonyl (C=O) groups excluding carboxylic acids is 1. The maximum Gasteiger partial charge on any atom is 0.324 e. The highest BCUT2D eigenvalue weighted by molar-refractivity contribution is 7.22. The first-order valence-electron chi connectivity index (χ1n) is 10.4. The normalized spacial score (nSPS) is 16.2. The minimum atomic E-state index is -0.310.